The molecule has 5 heteroatoms. The molecule has 3 unspecified atom stereocenters. The molecule has 0 aromatic rings. The van der Waals surface area contributed by atoms with E-state index in [-0.39, 0.29) is 6.54 Å². The molecule has 0 aromatic heterocycles. The summed E-state index contributed by atoms with van der Waals surface area (Å²) in [6.45, 7) is -0.0226. The first-order chi connectivity index (χ1) is 6.05. The second kappa shape index (κ2) is 2.85. The first kappa shape index (κ1) is 9.27. The Morgan fingerprint density at radius 2 is 1.92 bits per heavy atom. The molecule has 0 bridgehead atoms. The third kappa shape index (κ3) is 1.44. The van der Waals surface area contributed by atoms with Crippen molar-refractivity contribution in [1.82, 2.24) is 4.90 Å². The SMILES string of the molecule is OC(CF)CN1CC2C(C1)C2(F)F. The first-order valence-corrected chi connectivity index (χ1v) is 4.40. The van der Waals surface area contributed by atoms with Crippen molar-refractivity contribution in [3.63, 3.8) is 0 Å². The zero-order chi connectivity index (χ0) is 9.64. The van der Waals surface area contributed by atoms with E-state index >= 15 is 0 Å². The molecule has 1 heterocycles. The number of β-amino-alcohol motifs (C(OH)–C–C–N with tert-alkyl or cyclic N) is 1. The van der Waals surface area contributed by atoms with Gasteiger partial charge < -0.3 is 5.11 Å². The normalized spacial score (nSPS) is 38.8. The molecule has 13 heavy (non-hydrogen) atoms. The summed E-state index contributed by atoms with van der Waals surface area (Å²) in [5.74, 6) is -3.57. The van der Waals surface area contributed by atoms with Crippen molar-refractivity contribution in [1.29, 1.82) is 0 Å². The van der Waals surface area contributed by atoms with Crippen LogP contribution >= 0.6 is 0 Å². The van der Waals surface area contributed by atoms with Gasteiger partial charge in [0.05, 0.1) is 6.10 Å². The van der Waals surface area contributed by atoms with Crippen LogP contribution in [0.25, 0.3) is 0 Å². The lowest BCUT2D eigenvalue weighted by molar-refractivity contribution is 0.0358. The van der Waals surface area contributed by atoms with E-state index in [2.05, 4.69) is 0 Å². The highest BCUT2D eigenvalue weighted by atomic mass is 19.3. The van der Waals surface area contributed by atoms with Crippen molar-refractivity contribution in [3.05, 3.63) is 0 Å². The summed E-state index contributed by atoms with van der Waals surface area (Å²) >= 11 is 0. The number of hydrogen-bond donors (Lipinski definition) is 1. The summed E-state index contributed by atoms with van der Waals surface area (Å²) in [7, 11) is 0. The Labute approximate surface area is 74.3 Å². The molecule has 3 atom stereocenters. The van der Waals surface area contributed by atoms with Crippen molar-refractivity contribution in [2.24, 2.45) is 11.8 Å². The second-order valence-electron chi connectivity index (χ2n) is 3.91. The van der Waals surface area contributed by atoms with Gasteiger partial charge >= 0.3 is 0 Å². The number of fused-ring (bicyclic) bond motifs is 1. The summed E-state index contributed by atoms with van der Waals surface area (Å²) in [6.07, 6.45) is -1.02. The first-order valence-electron chi connectivity index (χ1n) is 4.40. The maximum absolute atomic E-state index is 12.7. The molecule has 0 aromatic carbocycles. The van der Waals surface area contributed by atoms with Gasteiger partial charge in [0.25, 0.3) is 5.92 Å². The van der Waals surface area contributed by atoms with Gasteiger partial charge in [-0.3, -0.25) is 4.90 Å². The smallest absolute Gasteiger partial charge is 0.257 e. The number of nitrogens with zero attached hydrogens (tertiary/aromatic N) is 1. The molecule has 1 aliphatic carbocycles. The van der Waals surface area contributed by atoms with E-state index in [9.17, 15) is 13.2 Å². The molecule has 2 rings (SSSR count). The van der Waals surface area contributed by atoms with Crippen LogP contribution < -0.4 is 0 Å². The number of piperidine rings is 1. The van der Waals surface area contributed by atoms with E-state index in [4.69, 9.17) is 5.11 Å². The number of aliphatic hydroxyl groups excluding tert-OH is 1. The number of likely N-dealkylation sites (tertiary alicyclic amines) is 1. The van der Waals surface area contributed by atoms with Crippen molar-refractivity contribution in [2.45, 2.75) is 12.0 Å². The zero-order valence-electron chi connectivity index (χ0n) is 7.09. The van der Waals surface area contributed by atoms with Crippen molar-refractivity contribution in [3.8, 4) is 0 Å². The lowest BCUT2D eigenvalue weighted by atomic mass is 10.3. The van der Waals surface area contributed by atoms with Gasteiger partial charge in [-0.2, -0.15) is 0 Å². The van der Waals surface area contributed by atoms with Gasteiger partial charge in [0.15, 0.2) is 0 Å². The highest BCUT2D eigenvalue weighted by Crippen LogP contribution is 2.59. The third-order valence-corrected chi connectivity index (χ3v) is 2.92. The fraction of sp³-hybridized carbons (Fsp3) is 1.00. The molecule has 0 radical (unpaired) electrons. The minimum absolute atomic E-state index is 0.180. The number of rotatable bonds is 3. The minimum atomic E-state index is -2.49. The van der Waals surface area contributed by atoms with E-state index < -0.39 is 30.5 Å². The Hall–Kier alpha value is -0.290. The average molecular weight is 195 g/mol. The van der Waals surface area contributed by atoms with Gasteiger partial charge in [-0.05, 0) is 0 Å². The van der Waals surface area contributed by atoms with E-state index in [0.717, 1.165) is 0 Å². The van der Waals surface area contributed by atoms with Crippen LogP contribution in [0, 0.1) is 11.8 Å². The predicted molar refractivity (Wildman–Crippen MR) is 40.3 cm³/mol. The molecule has 1 aliphatic heterocycles. The fourth-order valence-corrected chi connectivity index (χ4v) is 2.09. The molecular weight excluding hydrogens is 183 g/mol. The van der Waals surface area contributed by atoms with Gasteiger partial charge in [-0.15, -0.1) is 0 Å². The largest absolute Gasteiger partial charge is 0.389 e. The highest BCUT2D eigenvalue weighted by Gasteiger charge is 2.71. The molecule has 0 amide bonds. The number of hydrogen-bond acceptors (Lipinski definition) is 2. The molecule has 1 saturated carbocycles. The average Bonchev–Trinajstić information content (AvgIpc) is 2.54. The maximum atomic E-state index is 12.7. The van der Waals surface area contributed by atoms with Gasteiger partial charge in [0.2, 0.25) is 0 Å². The fourth-order valence-electron chi connectivity index (χ4n) is 2.09. The van der Waals surface area contributed by atoms with Gasteiger partial charge in [0.1, 0.15) is 6.67 Å². The van der Waals surface area contributed by atoms with Crippen LogP contribution in [0.15, 0.2) is 0 Å². The predicted octanol–water partition coefficient (Wildman–Crippen LogP) is 0.514. The van der Waals surface area contributed by atoms with Gasteiger partial charge in [-0.25, -0.2) is 13.2 Å². The number of aliphatic hydroxyl groups is 1. The third-order valence-electron chi connectivity index (χ3n) is 2.92. The zero-order valence-corrected chi connectivity index (χ0v) is 7.09. The molecule has 1 N–H and O–H groups in total. The van der Waals surface area contributed by atoms with E-state index in [1.54, 1.807) is 4.90 Å². The number of alkyl halides is 3. The summed E-state index contributed by atoms with van der Waals surface area (Å²) in [4.78, 5) is 1.71. The Bertz CT molecular complexity index is 198. The molecule has 1 saturated heterocycles. The van der Waals surface area contributed by atoms with Crippen LogP contribution in [0.1, 0.15) is 0 Å². The summed E-state index contributed by atoms with van der Waals surface area (Å²) < 4.78 is 37.2. The van der Waals surface area contributed by atoms with Crippen LogP contribution in [-0.2, 0) is 0 Å². The highest BCUT2D eigenvalue weighted by molar-refractivity contribution is 5.12. The quantitative estimate of drug-likeness (QED) is 0.709. The lowest BCUT2D eigenvalue weighted by Crippen LogP contribution is -2.35. The molecule has 76 valence electrons. The monoisotopic (exact) mass is 195 g/mol. The summed E-state index contributed by atoms with van der Waals surface area (Å²) in [5.41, 5.74) is 0. The molecule has 2 nitrogen and oxygen atoms in total. The van der Waals surface area contributed by atoms with E-state index in [1.807, 2.05) is 0 Å². The number of halogens is 3. The van der Waals surface area contributed by atoms with Crippen molar-refractivity contribution < 1.29 is 18.3 Å². The van der Waals surface area contributed by atoms with E-state index in [0.29, 0.717) is 13.1 Å². The Balaban J connectivity index is 1.78. The van der Waals surface area contributed by atoms with E-state index in [1.165, 1.54) is 0 Å². The Morgan fingerprint density at radius 3 is 2.38 bits per heavy atom. The second-order valence-corrected chi connectivity index (χ2v) is 3.91. The van der Waals surface area contributed by atoms with Crippen molar-refractivity contribution in [2.75, 3.05) is 26.3 Å². The van der Waals surface area contributed by atoms with Crippen LogP contribution in [0.4, 0.5) is 13.2 Å². The lowest BCUT2D eigenvalue weighted by Gasteiger charge is -2.20. The minimum Gasteiger partial charge on any atom is -0.389 e. The Morgan fingerprint density at radius 1 is 1.38 bits per heavy atom. The Kier molecular flexibility index (Phi) is 2.03. The molecule has 2 fully saturated rings. The van der Waals surface area contributed by atoms with Crippen LogP contribution in [0.3, 0.4) is 0 Å². The van der Waals surface area contributed by atoms with Crippen molar-refractivity contribution >= 4 is 0 Å². The van der Waals surface area contributed by atoms with Crippen LogP contribution in [0.5, 0.6) is 0 Å². The summed E-state index contributed by atoms with van der Waals surface area (Å²) in [5, 5.41) is 8.95. The maximum Gasteiger partial charge on any atom is 0.257 e. The molecular formula is C8H12F3NO. The molecule has 2 aliphatic rings. The van der Waals surface area contributed by atoms with Gasteiger partial charge in [0, 0.05) is 31.5 Å². The molecule has 0 spiro atoms. The topological polar surface area (TPSA) is 23.5 Å². The van der Waals surface area contributed by atoms with Crippen LogP contribution in [0.2, 0.25) is 0 Å². The standard InChI is InChI=1S/C8H12F3NO/c9-1-5(13)2-12-3-6-7(4-12)8(6,10)11/h5-7,13H,1-4H2. The van der Waals surface area contributed by atoms with Gasteiger partial charge in [-0.1, -0.05) is 0 Å². The summed E-state index contributed by atoms with van der Waals surface area (Å²) in [6, 6.07) is 0. The van der Waals surface area contributed by atoms with Crippen LogP contribution in [-0.4, -0.2) is 48.3 Å².